The molecule has 20 heavy (non-hydrogen) atoms. The molecule has 0 amide bonds. The molecule has 1 atom stereocenters. The third-order valence-electron chi connectivity index (χ3n) is 3.67. The monoisotopic (exact) mass is 324 g/mol. The van der Waals surface area contributed by atoms with Crippen molar-refractivity contribution in [2.75, 3.05) is 19.1 Å². The number of carbonyl (C=O) groups is 1. The van der Waals surface area contributed by atoms with E-state index in [0.29, 0.717) is 5.75 Å². The van der Waals surface area contributed by atoms with Crippen LogP contribution in [0.2, 0.25) is 0 Å². The molecule has 6 nitrogen and oxygen atoms in total. The first-order valence-corrected chi connectivity index (χ1v) is 9.69. The summed E-state index contributed by atoms with van der Waals surface area (Å²) in [6, 6.07) is -1.07. The van der Waals surface area contributed by atoms with Crippen LogP contribution in [0, 0.1) is 0 Å². The van der Waals surface area contributed by atoms with E-state index in [9.17, 15) is 13.2 Å². The second kappa shape index (κ2) is 8.21. The summed E-state index contributed by atoms with van der Waals surface area (Å²) in [5, 5.41) is 9.10. The van der Waals surface area contributed by atoms with Gasteiger partial charge in [0.25, 0.3) is 10.2 Å². The van der Waals surface area contributed by atoms with E-state index in [2.05, 4.69) is 4.72 Å². The van der Waals surface area contributed by atoms with E-state index >= 15 is 0 Å². The molecule has 1 fully saturated rings. The van der Waals surface area contributed by atoms with Crippen molar-refractivity contribution in [3.8, 4) is 0 Å². The van der Waals surface area contributed by atoms with Crippen LogP contribution in [0.4, 0.5) is 0 Å². The maximum Gasteiger partial charge on any atom is 0.321 e. The minimum Gasteiger partial charge on any atom is -0.480 e. The number of aliphatic carboxylic acids is 1. The standard InChI is InChI=1S/C12H24N2O4S2/c1-14(10-6-4-3-5-7-10)20(17,18)13-11(12(15)16)8-9-19-2/h10-11,13H,3-9H2,1-2H3,(H,15,16)/t11-/m1/s1. The average molecular weight is 324 g/mol. The van der Waals surface area contributed by atoms with Gasteiger partial charge in [-0.05, 0) is 31.3 Å². The van der Waals surface area contributed by atoms with Gasteiger partial charge in [-0.3, -0.25) is 4.79 Å². The molecular formula is C12H24N2O4S2. The van der Waals surface area contributed by atoms with Gasteiger partial charge in [0.1, 0.15) is 6.04 Å². The highest BCUT2D eigenvalue weighted by atomic mass is 32.2. The summed E-state index contributed by atoms with van der Waals surface area (Å²) in [7, 11) is -2.21. The van der Waals surface area contributed by atoms with E-state index in [0.717, 1.165) is 32.1 Å². The predicted octanol–water partition coefficient (Wildman–Crippen LogP) is 1.29. The van der Waals surface area contributed by atoms with Crippen molar-refractivity contribution in [1.82, 2.24) is 9.03 Å². The summed E-state index contributed by atoms with van der Waals surface area (Å²) >= 11 is 1.50. The maximum atomic E-state index is 12.3. The van der Waals surface area contributed by atoms with Gasteiger partial charge in [-0.25, -0.2) is 0 Å². The van der Waals surface area contributed by atoms with Crippen LogP contribution in [0.25, 0.3) is 0 Å². The van der Waals surface area contributed by atoms with Crippen LogP contribution < -0.4 is 4.72 Å². The van der Waals surface area contributed by atoms with Crippen molar-refractivity contribution in [3.05, 3.63) is 0 Å². The van der Waals surface area contributed by atoms with Crippen LogP contribution in [0.5, 0.6) is 0 Å². The van der Waals surface area contributed by atoms with Crippen LogP contribution in [0.3, 0.4) is 0 Å². The molecule has 0 heterocycles. The zero-order valence-electron chi connectivity index (χ0n) is 12.0. The fourth-order valence-electron chi connectivity index (χ4n) is 2.37. The Kier molecular flexibility index (Phi) is 7.28. The summed E-state index contributed by atoms with van der Waals surface area (Å²) in [5.74, 6) is -0.522. The summed E-state index contributed by atoms with van der Waals surface area (Å²) in [5.41, 5.74) is 0. The van der Waals surface area contributed by atoms with Crippen LogP contribution in [0.15, 0.2) is 0 Å². The number of thioether (sulfide) groups is 1. The van der Waals surface area contributed by atoms with Gasteiger partial charge in [-0.15, -0.1) is 0 Å². The Bertz CT molecular complexity index is 408. The minimum atomic E-state index is -3.74. The van der Waals surface area contributed by atoms with Gasteiger partial charge < -0.3 is 5.11 Å². The topological polar surface area (TPSA) is 86.7 Å². The highest BCUT2D eigenvalue weighted by Gasteiger charge is 2.31. The number of nitrogens with zero attached hydrogens (tertiary/aromatic N) is 1. The van der Waals surface area contributed by atoms with Crippen molar-refractivity contribution in [2.24, 2.45) is 0 Å². The SMILES string of the molecule is CSCC[C@@H](NS(=O)(=O)N(C)C1CCCCC1)C(=O)O. The van der Waals surface area contributed by atoms with Gasteiger partial charge in [0.2, 0.25) is 0 Å². The minimum absolute atomic E-state index is 0.0174. The fourth-order valence-corrected chi connectivity index (χ4v) is 4.19. The number of carboxylic acids is 1. The zero-order valence-corrected chi connectivity index (χ0v) is 13.7. The summed E-state index contributed by atoms with van der Waals surface area (Å²) in [4.78, 5) is 11.1. The van der Waals surface area contributed by atoms with Crippen molar-refractivity contribution < 1.29 is 18.3 Å². The van der Waals surface area contributed by atoms with Gasteiger partial charge >= 0.3 is 5.97 Å². The predicted molar refractivity (Wildman–Crippen MR) is 81.1 cm³/mol. The molecule has 1 saturated carbocycles. The Labute approximate surface area is 125 Å². The first-order valence-electron chi connectivity index (χ1n) is 6.85. The van der Waals surface area contributed by atoms with Gasteiger partial charge in [0.05, 0.1) is 0 Å². The van der Waals surface area contributed by atoms with Crippen LogP contribution in [0.1, 0.15) is 38.5 Å². The van der Waals surface area contributed by atoms with E-state index in [4.69, 9.17) is 5.11 Å². The maximum absolute atomic E-state index is 12.3. The van der Waals surface area contributed by atoms with Gasteiger partial charge in [-0.1, -0.05) is 19.3 Å². The van der Waals surface area contributed by atoms with Crippen LogP contribution >= 0.6 is 11.8 Å². The third-order valence-corrected chi connectivity index (χ3v) is 5.95. The molecule has 8 heteroatoms. The molecule has 0 aliphatic heterocycles. The van der Waals surface area contributed by atoms with Crippen molar-refractivity contribution in [1.29, 1.82) is 0 Å². The lowest BCUT2D eigenvalue weighted by atomic mass is 9.96. The van der Waals surface area contributed by atoms with Crippen molar-refractivity contribution in [2.45, 2.75) is 50.6 Å². The molecule has 0 unspecified atom stereocenters. The van der Waals surface area contributed by atoms with E-state index in [-0.39, 0.29) is 12.5 Å². The lowest BCUT2D eigenvalue weighted by molar-refractivity contribution is -0.139. The number of hydrogen-bond acceptors (Lipinski definition) is 4. The number of rotatable bonds is 8. The van der Waals surface area contributed by atoms with Crippen molar-refractivity contribution >= 4 is 27.9 Å². The summed E-state index contributed by atoms with van der Waals surface area (Å²) in [6.07, 6.45) is 7.04. The molecule has 0 aromatic heterocycles. The van der Waals surface area contributed by atoms with Crippen LogP contribution in [-0.2, 0) is 15.0 Å². The first kappa shape index (κ1) is 17.7. The normalized spacial score (nSPS) is 19.1. The average Bonchev–Trinajstić information content (AvgIpc) is 2.43. The second-order valence-electron chi connectivity index (χ2n) is 5.10. The quantitative estimate of drug-likeness (QED) is 0.702. The smallest absolute Gasteiger partial charge is 0.321 e. The lowest BCUT2D eigenvalue weighted by Gasteiger charge is -2.31. The Morgan fingerprint density at radius 1 is 1.40 bits per heavy atom. The molecule has 2 N–H and O–H groups in total. The molecular weight excluding hydrogens is 300 g/mol. The highest BCUT2D eigenvalue weighted by Crippen LogP contribution is 2.23. The molecule has 0 aromatic carbocycles. The molecule has 1 rings (SSSR count). The Balaban J connectivity index is 2.67. The largest absolute Gasteiger partial charge is 0.480 e. The first-order chi connectivity index (χ1) is 9.38. The van der Waals surface area contributed by atoms with E-state index in [1.54, 1.807) is 0 Å². The molecule has 1 aliphatic rings. The fraction of sp³-hybridized carbons (Fsp3) is 0.917. The van der Waals surface area contributed by atoms with E-state index < -0.39 is 22.2 Å². The Morgan fingerprint density at radius 3 is 2.50 bits per heavy atom. The Hall–Kier alpha value is -0.310. The Morgan fingerprint density at radius 2 is 2.00 bits per heavy atom. The molecule has 1 aliphatic carbocycles. The third kappa shape index (κ3) is 5.23. The molecule has 118 valence electrons. The van der Waals surface area contributed by atoms with E-state index in [1.807, 2.05) is 6.26 Å². The van der Waals surface area contributed by atoms with E-state index in [1.165, 1.54) is 23.1 Å². The summed E-state index contributed by atoms with van der Waals surface area (Å²) in [6.45, 7) is 0. The molecule has 0 bridgehead atoms. The number of carboxylic acid groups (broad SMARTS) is 1. The van der Waals surface area contributed by atoms with Crippen molar-refractivity contribution in [3.63, 3.8) is 0 Å². The van der Waals surface area contributed by atoms with Crippen LogP contribution in [-0.4, -0.2) is 54.9 Å². The highest BCUT2D eigenvalue weighted by molar-refractivity contribution is 7.98. The molecule has 0 aromatic rings. The lowest BCUT2D eigenvalue weighted by Crippen LogP contribution is -2.50. The molecule has 0 spiro atoms. The number of hydrogen-bond donors (Lipinski definition) is 2. The molecule has 0 radical (unpaired) electrons. The summed E-state index contributed by atoms with van der Waals surface area (Å²) < 4.78 is 28.1. The molecule has 0 saturated heterocycles. The van der Waals surface area contributed by atoms with Gasteiger partial charge in [-0.2, -0.15) is 29.2 Å². The van der Waals surface area contributed by atoms with Gasteiger partial charge in [0, 0.05) is 13.1 Å². The zero-order chi connectivity index (χ0) is 15.2. The second-order valence-corrected chi connectivity index (χ2v) is 7.85. The van der Waals surface area contributed by atoms with Gasteiger partial charge in [0.15, 0.2) is 0 Å². The number of nitrogens with one attached hydrogen (secondary N) is 1.